The lowest BCUT2D eigenvalue weighted by atomic mass is 10.1. The van der Waals surface area contributed by atoms with Gasteiger partial charge >= 0.3 is 0 Å². The summed E-state index contributed by atoms with van der Waals surface area (Å²) in [6.07, 6.45) is 5.40. The van der Waals surface area contributed by atoms with E-state index < -0.39 is 0 Å². The number of aromatic nitrogens is 3. The summed E-state index contributed by atoms with van der Waals surface area (Å²) in [5.41, 5.74) is 0. The van der Waals surface area contributed by atoms with Crippen molar-refractivity contribution in [3.05, 3.63) is 6.20 Å². The van der Waals surface area contributed by atoms with Crippen LogP contribution >= 0.6 is 11.6 Å². The van der Waals surface area contributed by atoms with Crippen LogP contribution in [0, 0.1) is 5.92 Å². The van der Waals surface area contributed by atoms with E-state index in [4.69, 9.17) is 11.6 Å². The van der Waals surface area contributed by atoms with Gasteiger partial charge in [-0.25, -0.2) is 4.68 Å². The van der Waals surface area contributed by atoms with Crippen molar-refractivity contribution >= 4 is 17.4 Å². The second kappa shape index (κ2) is 4.84. The first-order valence-electron chi connectivity index (χ1n) is 5.57. The first-order chi connectivity index (χ1) is 7.31. The van der Waals surface area contributed by atoms with E-state index in [0.717, 1.165) is 25.3 Å². The molecule has 1 aliphatic rings. The van der Waals surface area contributed by atoms with E-state index in [1.54, 1.807) is 6.20 Å². The number of hydrogen-bond donors (Lipinski definition) is 1. The Morgan fingerprint density at radius 1 is 1.60 bits per heavy atom. The maximum absolute atomic E-state index is 6.21. The molecular formula is C10H17ClN4. The largest absolute Gasteiger partial charge is 0.369 e. The highest BCUT2D eigenvalue weighted by molar-refractivity contribution is 6.20. The van der Waals surface area contributed by atoms with Gasteiger partial charge in [-0.2, -0.15) is 0 Å². The van der Waals surface area contributed by atoms with Gasteiger partial charge in [0.05, 0.1) is 6.20 Å². The minimum absolute atomic E-state index is 0.337. The predicted octanol–water partition coefficient (Wildman–Crippen LogP) is 2.12. The summed E-state index contributed by atoms with van der Waals surface area (Å²) in [5, 5.41) is 11.6. The molecule has 84 valence electrons. The van der Waals surface area contributed by atoms with Gasteiger partial charge in [-0.3, -0.25) is 0 Å². The summed E-state index contributed by atoms with van der Waals surface area (Å²) in [4.78, 5) is 0. The van der Waals surface area contributed by atoms with Crippen LogP contribution in [0.2, 0.25) is 0 Å². The van der Waals surface area contributed by atoms with Gasteiger partial charge in [0.25, 0.3) is 0 Å². The SMILES string of the molecule is CCn1nncc1NCC1CCCC1Cl. The first-order valence-corrected chi connectivity index (χ1v) is 6.01. The van der Waals surface area contributed by atoms with Crippen LogP contribution in [-0.4, -0.2) is 26.9 Å². The van der Waals surface area contributed by atoms with Crippen LogP contribution < -0.4 is 5.32 Å². The Balaban J connectivity index is 1.87. The molecule has 1 aromatic heterocycles. The van der Waals surface area contributed by atoms with Gasteiger partial charge < -0.3 is 5.32 Å². The van der Waals surface area contributed by atoms with Gasteiger partial charge in [0.15, 0.2) is 0 Å². The molecule has 5 heteroatoms. The maximum Gasteiger partial charge on any atom is 0.144 e. The van der Waals surface area contributed by atoms with Crippen LogP contribution in [0.5, 0.6) is 0 Å². The minimum atomic E-state index is 0.337. The van der Waals surface area contributed by atoms with Gasteiger partial charge in [0.2, 0.25) is 0 Å². The summed E-state index contributed by atoms with van der Waals surface area (Å²) in [5.74, 6) is 1.58. The highest BCUT2D eigenvalue weighted by Crippen LogP contribution is 2.30. The molecule has 1 saturated carbocycles. The van der Waals surface area contributed by atoms with E-state index in [1.165, 1.54) is 12.8 Å². The van der Waals surface area contributed by atoms with Gasteiger partial charge in [-0.15, -0.1) is 16.7 Å². The summed E-state index contributed by atoms with van der Waals surface area (Å²) >= 11 is 6.21. The number of nitrogens with zero attached hydrogens (tertiary/aromatic N) is 3. The molecule has 0 aliphatic heterocycles. The van der Waals surface area contributed by atoms with E-state index in [9.17, 15) is 0 Å². The molecule has 0 radical (unpaired) electrons. The Hall–Kier alpha value is -0.770. The average Bonchev–Trinajstić information content (AvgIpc) is 2.83. The second-order valence-electron chi connectivity index (χ2n) is 4.02. The topological polar surface area (TPSA) is 42.7 Å². The van der Waals surface area contributed by atoms with Crippen LogP contribution in [0.15, 0.2) is 6.20 Å². The van der Waals surface area contributed by atoms with Gasteiger partial charge in [0.1, 0.15) is 5.82 Å². The molecule has 4 nitrogen and oxygen atoms in total. The highest BCUT2D eigenvalue weighted by atomic mass is 35.5. The van der Waals surface area contributed by atoms with Gasteiger partial charge in [-0.05, 0) is 25.7 Å². The van der Waals surface area contributed by atoms with Crippen molar-refractivity contribution < 1.29 is 0 Å². The molecule has 1 aromatic rings. The highest BCUT2D eigenvalue weighted by Gasteiger charge is 2.25. The molecule has 1 heterocycles. The van der Waals surface area contributed by atoms with Crippen LogP contribution in [0.25, 0.3) is 0 Å². The molecule has 1 N–H and O–H groups in total. The Bertz CT molecular complexity index is 312. The monoisotopic (exact) mass is 228 g/mol. The number of halogens is 1. The number of alkyl halides is 1. The molecule has 2 rings (SSSR count). The molecule has 0 spiro atoms. The van der Waals surface area contributed by atoms with Crippen LogP contribution in [0.1, 0.15) is 26.2 Å². The standard InChI is InChI=1S/C10H17ClN4/c1-2-15-10(7-13-14-15)12-6-8-4-3-5-9(8)11/h7-9,12H,2-6H2,1H3. The lowest BCUT2D eigenvalue weighted by Crippen LogP contribution is -2.19. The van der Waals surface area contributed by atoms with E-state index in [-0.39, 0.29) is 0 Å². The Labute approximate surface area is 95.0 Å². The van der Waals surface area contributed by atoms with Crippen molar-refractivity contribution in [2.24, 2.45) is 5.92 Å². The summed E-state index contributed by atoms with van der Waals surface area (Å²) < 4.78 is 1.86. The Morgan fingerprint density at radius 3 is 3.13 bits per heavy atom. The molecule has 2 atom stereocenters. The van der Waals surface area contributed by atoms with E-state index in [0.29, 0.717) is 11.3 Å². The quantitative estimate of drug-likeness (QED) is 0.803. The van der Waals surface area contributed by atoms with E-state index in [1.807, 2.05) is 4.68 Å². The smallest absolute Gasteiger partial charge is 0.144 e. The molecule has 15 heavy (non-hydrogen) atoms. The van der Waals surface area contributed by atoms with E-state index in [2.05, 4.69) is 22.6 Å². The van der Waals surface area contributed by atoms with Crippen LogP contribution in [0.3, 0.4) is 0 Å². The molecule has 0 saturated heterocycles. The van der Waals surface area contributed by atoms with Crippen molar-refractivity contribution in [1.29, 1.82) is 0 Å². The molecule has 1 aliphatic carbocycles. The normalized spacial score (nSPS) is 25.7. The third-order valence-corrected chi connectivity index (χ3v) is 3.60. The fourth-order valence-electron chi connectivity index (χ4n) is 2.09. The lowest BCUT2D eigenvalue weighted by Gasteiger charge is -2.15. The number of hydrogen-bond acceptors (Lipinski definition) is 3. The zero-order valence-corrected chi connectivity index (χ0v) is 9.74. The fraction of sp³-hybridized carbons (Fsp3) is 0.800. The van der Waals surface area contributed by atoms with E-state index >= 15 is 0 Å². The number of rotatable bonds is 4. The predicted molar refractivity (Wildman–Crippen MR) is 61.2 cm³/mol. The molecule has 2 unspecified atom stereocenters. The van der Waals surface area contributed by atoms with Crippen molar-refractivity contribution in [3.8, 4) is 0 Å². The summed E-state index contributed by atoms with van der Waals surface area (Å²) in [6, 6.07) is 0. The van der Waals surface area contributed by atoms with Crippen LogP contribution in [-0.2, 0) is 6.54 Å². The summed E-state index contributed by atoms with van der Waals surface area (Å²) in [6.45, 7) is 3.83. The first kappa shape index (κ1) is 10.7. The van der Waals surface area contributed by atoms with Crippen molar-refractivity contribution in [2.75, 3.05) is 11.9 Å². The average molecular weight is 229 g/mol. The number of anilines is 1. The van der Waals surface area contributed by atoms with Crippen molar-refractivity contribution in [1.82, 2.24) is 15.0 Å². The zero-order chi connectivity index (χ0) is 10.7. The minimum Gasteiger partial charge on any atom is -0.369 e. The number of aryl methyl sites for hydroxylation is 1. The Kier molecular flexibility index (Phi) is 3.46. The fourth-order valence-corrected chi connectivity index (χ4v) is 2.45. The van der Waals surface area contributed by atoms with Crippen molar-refractivity contribution in [2.45, 2.75) is 38.1 Å². The van der Waals surface area contributed by atoms with Crippen LogP contribution in [0.4, 0.5) is 5.82 Å². The summed E-state index contributed by atoms with van der Waals surface area (Å²) in [7, 11) is 0. The third kappa shape index (κ3) is 2.43. The maximum atomic E-state index is 6.21. The molecule has 0 aromatic carbocycles. The molecule has 1 fully saturated rings. The lowest BCUT2D eigenvalue weighted by molar-refractivity contribution is 0.575. The molecule has 0 amide bonds. The third-order valence-electron chi connectivity index (χ3n) is 3.03. The molecule has 0 bridgehead atoms. The second-order valence-corrected chi connectivity index (χ2v) is 4.58. The Morgan fingerprint density at radius 2 is 2.47 bits per heavy atom. The molecular weight excluding hydrogens is 212 g/mol. The zero-order valence-electron chi connectivity index (χ0n) is 8.99. The van der Waals surface area contributed by atoms with Crippen molar-refractivity contribution in [3.63, 3.8) is 0 Å². The number of nitrogens with one attached hydrogen (secondary N) is 1. The van der Waals surface area contributed by atoms with Gasteiger partial charge in [0, 0.05) is 18.5 Å². The van der Waals surface area contributed by atoms with Gasteiger partial charge in [-0.1, -0.05) is 11.6 Å².